The van der Waals surface area contributed by atoms with Crippen molar-refractivity contribution in [1.29, 1.82) is 0 Å². The molecule has 0 amide bonds. The van der Waals surface area contributed by atoms with Crippen molar-refractivity contribution in [2.75, 3.05) is 40.4 Å². The van der Waals surface area contributed by atoms with Crippen molar-refractivity contribution in [3.63, 3.8) is 0 Å². The molecule has 1 aliphatic rings. The van der Waals surface area contributed by atoms with E-state index < -0.39 is 10.0 Å². The molecule has 0 bridgehead atoms. The molecule has 3 aromatic carbocycles. The number of methoxy groups -OCH3 is 2. The van der Waals surface area contributed by atoms with Gasteiger partial charge in [-0.15, -0.1) is 0 Å². The third-order valence-electron chi connectivity index (χ3n) is 5.90. The summed E-state index contributed by atoms with van der Waals surface area (Å²) in [6.07, 6.45) is 0. The first kappa shape index (κ1) is 24.1. The van der Waals surface area contributed by atoms with Gasteiger partial charge in [0.25, 0.3) is 0 Å². The number of sulfonamides is 1. The van der Waals surface area contributed by atoms with Crippen LogP contribution in [-0.2, 0) is 23.2 Å². The summed E-state index contributed by atoms with van der Waals surface area (Å²) in [6, 6.07) is 22.5. The molecule has 0 aromatic heterocycles. The normalized spacial score (nSPS) is 15.1. The molecular weight excluding hydrogens is 452 g/mol. The predicted octanol–water partition coefficient (Wildman–Crippen LogP) is 3.79. The largest absolute Gasteiger partial charge is 0.497 e. The third kappa shape index (κ3) is 5.70. The van der Waals surface area contributed by atoms with Crippen molar-refractivity contribution in [1.82, 2.24) is 9.21 Å². The molecular formula is C26H30N2O5S. The summed E-state index contributed by atoms with van der Waals surface area (Å²) in [5, 5.41) is 0. The Morgan fingerprint density at radius 3 is 2.12 bits per heavy atom. The van der Waals surface area contributed by atoms with Crippen LogP contribution in [0.5, 0.6) is 17.2 Å². The Morgan fingerprint density at radius 2 is 1.47 bits per heavy atom. The number of hydrogen-bond acceptors (Lipinski definition) is 6. The molecule has 1 heterocycles. The first-order chi connectivity index (χ1) is 16.5. The molecule has 1 fully saturated rings. The van der Waals surface area contributed by atoms with Crippen molar-refractivity contribution in [3.05, 3.63) is 83.9 Å². The van der Waals surface area contributed by atoms with E-state index in [1.807, 2.05) is 48.5 Å². The Bertz CT molecular complexity index is 1180. The van der Waals surface area contributed by atoms with Crippen LogP contribution in [0.2, 0.25) is 0 Å². The second kappa shape index (κ2) is 10.9. The topological polar surface area (TPSA) is 68.3 Å². The van der Waals surface area contributed by atoms with Crippen molar-refractivity contribution in [2.24, 2.45) is 0 Å². The fourth-order valence-electron chi connectivity index (χ4n) is 3.95. The van der Waals surface area contributed by atoms with Crippen LogP contribution in [0.1, 0.15) is 11.1 Å². The van der Waals surface area contributed by atoms with E-state index in [0.29, 0.717) is 56.6 Å². The highest BCUT2D eigenvalue weighted by Crippen LogP contribution is 2.30. The van der Waals surface area contributed by atoms with Gasteiger partial charge in [-0.2, -0.15) is 4.31 Å². The fourth-order valence-corrected chi connectivity index (χ4v) is 5.37. The predicted molar refractivity (Wildman–Crippen MR) is 131 cm³/mol. The summed E-state index contributed by atoms with van der Waals surface area (Å²) < 4.78 is 44.2. The Morgan fingerprint density at radius 1 is 0.765 bits per heavy atom. The van der Waals surface area contributed by atoms with Crippen LogP contribution >= 0.6 is 0 Å². The van der Waals surface area contributed by atoms with Gasteiger partial charge in [0.15, 0.2) is 11.5 Å². The maximum atomic E-state index is 13.0. The molecule has 8 heteroatoms. The summed E-state index contributed by atoms with van der Waals surface area (Å²) >= 11 is 0. The zero-order chi connectivity index (χ0) is 24.0. The highest BCUT2D eigenvalue weighted by atomic mass is 32.2. The minimum atomic E-state index is -3.52. The van der Waals surface area contributed by atoms with Gasteiger partial charge in [0.05, 0.1) is 19.1 Å². The van der Waals surface area contributed by atoms with Crippen LogP contribution in [0.3, 0.4) is 0 Å². The smallest absolute Gasteiger partial charge is 0.243 e. The van der Waals surface area contributed by atoms with Gasteiger partial charge in [0.2, 0.25) is 10.0 Å². The number of nitrogens with zero attached hydrogens (tertiary/aromatic N) is 2. The van der Waals surface area contributed by atoms with E-state index in [1.165, 1.54) is 0 Å². The summed E-state index contributed by atoms with van der Waals surface area (Å²) in [4.78, 5) is 2.54. The lowest BCUT2D eigenvalue weighted by Gasteiger charge is -2.34. The van der Waals surface area contributed by atoms with Crippen LogP contribution in [0.15, 0.2) is 77.7 Å². The SMILES string of the molecule is COc1ccc(S(=O)(=O)N2CCN(Cc3ccc(OC)c(OCc4ccccc4)c3)CC2)cc1. The molecule has 0 saturated carbocycles. The molecule has 7 nitrogen and oxygen atoms in total. The number of hydrogen-bond donors (Lipinski definition) is 0. The minimum absolute atomic E-state index is 0.289. The molecule has 4 rings (SSSR count). The van der Waals surface area contributed by atoms with E-state index in [2.05, 4.69) is 4.90 Å². The molecule has 1 saturated heterocycles. The average molecular weight is 483 g/mol. The zero-order valence-electron chi connectivity index (χ0n) is 19.5. The average Bonchev–Trinajstić information content (AvgIpc) is 2.88. The molecule has 0 radical (unpaired) electrons. The Balaban J connectivity index is 1.36. The van der Waals surface area contributed by atoms with Gasteiger partial charge in [-0.25, -0.2) is 8.42 Å². The lowest BCUT2D eigenvalue weighted by molar-refractivity contribution is 0.181. The van der Waals surface area contributed by atoms with Crippen molar-refractivity contribution in [2.45, 2.75) is 18.0 Å². The minimum Gasteiger partial charge on any atom is -0.497 e. The van der Waals surface area contributed by atoms with E-state index in [9.17, 15) is 8.42 Å². The lowest BCUT2D eigenvalue weighted by Crippen LogP contribution is -2.48. The molecule has 1 aliphatic heterocycles. The summed E-state index contributed by atoms with van der Waals surface area (Å²) in [7, 11) is -0.327. The van der Waals surface area contributed by atoms with Gasteiger partial charge < -0.3 is 14.2 Å². The first-order valence-corrected chi connectivity index (χ1v) is 12.6. The third-order valence-corrected chi connectivity index (χ3v) is 7.81. The fraction of sp³-hybridized carbons (Fsp3) is 0.308. The second-order valence-electron chi connectivity index (χ2n) is 8.12. The summed E-state index contributed by atoms with van der Waals surface area (Å²) in [5.41, 5.74) is 2.18. The standard InChI is InChI=1S/C26H30N2O5S/c1-31-23-9-11-24(12-10-23)34(29,30)28-16-14-27(15-17-28)19-22-8-13-25(32-2)26(18-22)33-20-21-6-4-3-5-7-21/h3-13,18H,14-17,19-20H2,1-2H3. The highest BCUT2D eigenvalue weighted by molar-refractivity contribution is 7.89. The molecule has 34 heavy (non-hydrogen) atoms. The first-order valence-electron chi connectivity index (χ1n) is 11.2. The molecule has 0 atom stereocenters. The zero-order valence-corrected chi connectivity index (χ0v) is 20.3. The van der Waals surface area contributed by atoms with E-state index in [-0.39, 0.29) is 4.90 Å². The van der Waals surface area contributed by atoms with E-state index in [1.54, 1.807) is 42.8 Å². The lowest BCUT2D eigenvalue weighted by atomic mass is 10.1. The van der Waals surface area contributed by atoms with E-state index in [0.717, 1.165) is 11.1 Å². The summed E-state index contributed by atoms with van der Waals surface area (Å²) in [6.45, 7) is 3.37. The highest BCUT2D eigenvalue weighted by Gasteiger charge is 2.28. The quantitative estimate of drug-likeness (QED) is 0.462. The van der Waals surface area contributed by atoms with Crippen LogP contribution in [0, 0.1) is 0 Å². The number of piperazine rings is 1. The van der Waals surface area contributed by atoms with Crippen molar-refractivity contribution < 1.29 is 22.6 Å². The van der Waals surface area contributed by atoms with Crippen LogP contribution in [-0.4, -0.2) is 58.0 Å². The van der Waals surface area contributed by atoms with Crippen molar-refractivity contribution in [3.8, 4) is 17.2 Å². The Kier molecular flexibility index (Phi) is 7.72. The molecule has 3 aromatic rings. The monoisotopic (exact) mass is 482 g/mol. The maximum Gasteiger partial charge on any atom is 0.243 e. The van der Waals surface area contributed by atoms with Crippen LogP contribution in [0.4, 0.5) is 0 Å². The van der Waals surface area contributed by atoms with Gasteiger partial charge in [0, 0.05) is 32.7 Å². The van der Waals surface area contributed by atoms with Crippen molar-refractivity contribution >= 4 is 10.0 Å². The number of ether oxygens (including phenoxy) is 3. The maximum absolute atomic E-state index is 13.0. The Hall–Kier alpha value is -3.07. The number of rotatable bonds is 9. The van der Waals surface area contributed by atoms with Crippen LogP contribution < -0.4 is 14.2 Å². The Labute approximate surface area is 201 Å². The molecule has 180 valence electrons. The summed E-state index contributed by atoms with van der Waals surface area (Å²) in [5.74, 6) is 2.02. The van der Waals surface area contributed by atoms with Gasteiger partial charge in [-0.1, -0.05) is 36.4 Å². The van der Waals surface area contributed by atoms with Gasteiger partial charge >= 0.3 is 0 Å². The second-order valence-corrected chi connectivity index (χ2v) is 10.1. The van der Waals surface area contributed by atoms with Gasteiger partial charge in [-0.05, 0) is 47.5 Å². The van der Waals surface area contributed by atoms with E-state index >= 15 is 0 Å². The molecule has 0 N–H and O–H groups in total. The van der Waals surface area contributed by atoms with Crippen LogP contribution in [0.25, 0.3) is 0 Å². The van der Waals surface area contributed by atoms with Gasteiger partial charge in [0.1, 0.15) is 12.4 Å². The van der Waals surface area contributed by atoms with E-state index in [4.69, 9.17) is 14.2 Å². The molecule has 0 unspecified atom stereocenters. The van der Waals surface area contributed by atoms with Gasteiger partial charge in [-0.3, -0.25) is 4.90 Å². The molecule has 0 aliphatic carbocycles. The molecule has 0 spiro atoms. The number of benzene rings is 3.